The van der Waals surface area contributed by atoms with E-state index < -0.39 is 6.10 Å². The molecule has 0 radical (unpaired) electrons. The number of carbonyl (C=O) groups excluding carboxylic acids is 1. The molecular weight excluding hydrogens is 204 g/mol. The molecule has 0 saturated heterocycles. The Morgan fingerprint density at radius 3 is 2.62 bits per heavy atom. The van der Waals surface area contributed by atoms with Gasteiger partial charge in [0.05, 0.1) is 0 Å². The van der Waals surface area contributed by atoms with E-state index in [0.29, 0.717) is 18.7 Å². The molecule has 0 aliphatic carbocycles. The normalized spacial score (nSPS) is 12.2. The second-order valence-electron chi connectivity index (χ2n) is 3.72. The molecule has 1 aromatic carbocycles. The summed E-state index contributed by atoms with van der Waals surface area (Å²) in [5, 5.41) is 9.84. The molecule has 0 fully saturated rings. The largest absolute Gasteiger partial charge is 0.378 e. The number of rotatable bonds is 5. The highest BCUT2D eigenvalue weighted by molar-refractivity contribution is 5.81. The van der Waals surface area contributed by atoms with Crippen LogP contribution in [0.2, 0.25) is 0 Å². The first-order valence-corrected chi connectivity index (χ1v) is 5.35. The number of likely N-dealkylation sites (N-methyl/N-ethyl adjacent to an activating group) is 1. The summed E-state index contributed by atoms with van der Waals surface area (Å²) in [6.07, 6.45) is -0.340. The van der Waals surface area contributed by atoms with Gasteiger partial charge >= 0.3 is 0 Å². The molecule has 4 heteroatoms. The topological polar surface area (TPSA) is 66.6 Å². The molecule has 16 heavy (non-hydrogen) atoms. The van der Waals surface area contributed by atoms with Gasteiger partial charge in [0.25, 0.3) is 5.91 Å². The Balaban J connectivity index is 2.60. The third-order valence-corrected chi connectivity index (χ3v) is 2.42. The Labute approximate surface area is 95.7 Å². The van der Waals surface area contributed by atoms with Gasteiger partial charge in [0.15, 0.2) is 6.10 Å². The molecule has 0 aromatic heterocycles. The maximum atomic E-state index is 11.8. The zero-order chi connectivity index (χ0) is 12.0. The number of hydrogen-bond acceptors (Lipinski definition) is 3. The lowest BCUT2D eigenvalue weighted by Crippen LogP contribution is -2.33. The molecule has 4 nitrogen and oxygen atoms in total. The van der Waals surface area contributed by atoms with Crippen LogP contribution in [0.1, 0.15) is 18.1 Å². The third kappa shape index (κ3) is 3.32. The van der Waals surface area contributed by atoms with Crippen LogP contribution < -0.4 is 5.73 Å². The Kier molecular flexibility index (Phi) is 4.95. The quantitative estimate of drug-likeness (QED) is 0.763. The number of carbonyl (C=O) groups is 1. The van der Waals surface area contributed by atoms with Crippen molar-refractivity contribution in [1.82, 2.24) is 4.90 Å². The first-order chi connectivity index (χ1) is 7.66. The Hall–Kier alpha value is -1.39. The average Bonchev–Trinajstić information content (AvgIpc) is 2.35. The molecule has 1 unspecified atom stereocenters. The van der Waals surface area contributed by atoms with Crippen LogP contribution in [0.25, 0.3) is 0 Å². The van der Waals surface area contributed by atoms with Crippen molar-refractivity contribution in [3.8, 4) is 0 Å². The molecule has 1 amide bonds. The summed E-state index contributed by atoms with van der Waals surface area (Å²) in [5.41, 5.74) is 5.98. The van der Waals surface area contributed by atoms with Crippen molar-refractivity contribution < 1.29 is 9.90 Å². The minimum Gasteiger partial charge on any atom is -0.378 e. The Bertz CT molecular complexity index is 327. The predicted molar refractivity (Wildman–Crippen MR) is 62.7 cm³/mol. The van der Waals surface area contributed by atoms with Crippen LogP contribution in [-0.4, -0.2) is 36.1 Å². The van der Waals surface area contributed by atoms with Crippen molar-refractivity contribution in [3.05, 3.63) is 35.9 Å². The first-order valence-electron chi connectivity index (χ1n) is 5.35. The SMILES string of the molecule is CN(CCCN)C(=O)C(O)c1ccccc1. The van der Waals surface area contributed by atoms with Crippen LogP contribution in [0.15, 0.2) is 30.3 Å². The molecule has 3 N–H and O–H groups in total. The van der Waals surface area contributed by atoms with Crippen LogP contribution in [0.5, 0.6) is 0 Å². The minimum atomic E-state index is -1.08. The summed E-state index contributed by atoms with van der Waals surface area (Å²) in [4.78, 5) is 13.3. The van der Waals surface area contributed by atoms with E-state index >= 15 is 0 Å². The lowest BCUT2D eigenvalue weighted by atomic mass is 10.1. The van der Waals surface area contributed by atoms with Crippen molar-refractivity contribution >= 4 is 5.91 Å². The molecule has 88 valence electrons. The van der Waals surface area contributed by atoms with Gasteiger partial charge in [0.2, 0.25) is 0 Å². The van der Waals surface area contributed by atoms with E-state index in [2.05, 4.69) is 0 Å². The van der Waals surface area contributed by atoms with E-state index in [4.69, 9.17) is 5.73 Å². The lowest BCUT2D eigenvalue weighted by Gasteiger charge is -2.20. The molecule has 1 atom stereocenters. The van der Waals surface area contributed by atoms with Gasteiger partial charge in [0, 0.05) is 13.6 Å². The monoisotopic (exact) mass is 222 g/mol. The van der Waals surface area contributed by atoms with Gasteiger partial charge in [-0.25, -0.2) is 0 Å². The fourth-order valence-electron chi connectivity index (χ4n) is 1.43. The maximum absolute atomic E-state index is 11.8. The molecule has 1 aromatic rings. The standard InChI is InChI=1S/C12H18N2O2/c1-14(9-5-8-13)12(16)11(15)10-6-3-2-4-7-10/h2-4,6-7,11,15H,5,8-9,13H2,1H3. The number of nitrogens with two attached hydrogens (primary N) is 1. The third-order valence-electron chi connectivity index (χ3n) is 2.42. The van der Waals surface area contributed by atoms with Gasteiger partial charge in [-0.15, -0.1) is 0 Å². The summed E-state index contributed by atoms with van der Waals surface area (Å²) in [6.45, 7) is 1.11. The number of aliphatic hydroxyl groups is 1. The molecule has 0 aliphatic heterocycles. The van der Waals surface area contributed by atoms with Crippen LogP contribution in [0.4, 0.5) is 0 Å². The maximum Gasteiger partial charge on any atom is 0.255 e. The Morgan fingerprint density at radius 2 is 2.06 bits per heavy atom. The highest BCUT2D eigenvalue weighted by Gasteiger charge is 2.20. The smallest absolute Gasteiger partial charge is 0.255 e. The minimum absolute atomic E-state index is 0.292. The Morgan fingerprint density at radius 1 is 1.44 bits per heavy atom. The van der Waals surface area contributed by atoms with Gasteiger partial charge in [-0.05, 0) is 18.5 Å². The lowest BCUT2D eigenvalue weighted by molar-refractivity contribution is -0.139. The van der Waals surface area contributed by atoms with Crippen molar-refractivity contribution in [2.45, 2.75) is 12.5 Å². The fourth-order valence-corrected chi connectivity index (χ4v) is 1.43. The summed E-state index contributed by atoms with van der Waals surface area (Å²) in [7, 11) is 1.67. The zero-order valence-corrected chi connectivity index (χ0v) is 9.47. The second-order valence-corrected chi connectivity index (χ2v) is 3.72. The van der Waals surface area contributed by atoms with Gasteiger partial charge < -0.3 is 15.7 Å². The molecule has 1 rings (SSSR count). The molecule has 0 spiro atoms. The van der Waals surface area contributed by atoms with Gasteiger partial charge in [0.1, 0.15) is 0 Å². The summed E-state index contributed by atoms with van der Waals surface area (Å²) >= 11 is 0. The van der Waals surface area contributed by atoms with Crippen molar-refractivity contribution in [2.24, 2.45) is 5.73 Å². The molecule has 0 bridgehead atoms. The van der Waals surface area contributed by atoms with Crippen LogP contribution >= 0.6 is 0 Å². The van der Waals surface area contributed by atoms with E-state index in [-0.39, 0.29) is 5.91 Å². The highest BCUT2D eigenvalue weighted by Crippen LogP contribution is 2.14. The average molecular weight is 222 g/mol. The summed E-state index contributed by atoms with van der Waals surface area (Å²) < 4.78 is 0. The molecule has 0 saturated carbocycles. The first kappa shape index (κ1) is 12.7. The molecule has 0 heterocycles. The highest BCUT2D eigenvalue weighted by atomic mass is 16.3. The summed E-state index contributed by atoms with van der Waals surface area (Å²) in [6, 6.07) is 8.91. The number of nitrogens with zero attached hydrogens (tertiary/aromatic N) is 1. The zero-order valence-electron chi connectivity index (χ0n) is 9.47. The van der Waals surface area contributed by atoms with E-state index in [1.54, 1.807) is 31.3 Å². The van der Waals surface area contributed by atoms with E-state index in [1.165, 1.54) is 4.90 Å². The number of hydrogen-bond donors (Lipinski definition) is 2. The van der Waals surface area contributed by atoms with Gasteiger partial charge in [-0.2, -0.15) is 0 Å². The van der Waals surface area contributed by atoms with Crippen LogP contribution in [0, 0.1) is 0 Å². The molecular formula is C12H18N2O2. The number of amides is 1. The van der Waals surface area contributed by atoms with Crippen LogP contribution in [0.3, 0.4) is 0 Å². The number of benzene rings is 1. The van der Waals surface area contributed by atoms with Gasteiger partial charge in [-0.3, -0.25) is 4.79 Å². The molecule has 0 aliphatic rings. The van der Waals surface area contributed by atoms with E-state index in [0.717, 1.165) is 6.42 Å². The second kappa shape index (κ2) is 6.25. The van der Waals surface area contributed by atoms with E-state index in [1.807, 2.05) is 6.07 Å². The van der Waals surface area contributed by atoms with E-state index in [9.17, 15) is 9.90 Å². The van der Waals surface area contributed by atoms with Crippen molar-refractivity contribution in [2.75, 3.05) is 20.1 Å². The fraction of sp³-hybridized carbons (Fsp3) is 0.417. The van der Waals surface area contributed by atoms with Gasteiger partial charge in [-0.1, -0.05) is 30.3 Å². The number of aliphatic hydroxyl groups excluding tert-OH is 1. The van der Waals surface area contributed by atoms with Crippen molar-refractivity contribution in [1.29, 1.82) is 0 Å². The summed E-state index contributed by atoms with van der Waals surface area (Å²) in [5.74, 6) is -0.292. The van der Waals surface area contributed by atoms with Crippen molar-refractivity contribution in [3.63, 3.8) is 0 Å². The predicted octanol–water partition coefficient (Wildman–Crippen LogP) is 0.527. The van der Waals surface area contributed by atoms with Crippen LogP contribution in [-0.2, 0) is 4.79 Å².